The molecule has 1 aliphatic heterocycles. The van der Waals surface area contributed by atoms with Crippen LogP contribution in [0.1, 0.15) is 11.1 Å². The summed E-state index contributed by atoms with van der Waals surface area (Å²) in [5.41, 5.74) is 2.97. The van der Waals surface area contributed by atoms with Gasteiger partial charge in [0, 0.05) is 39.3 Å². The van der Waals surface area contributed by atoms with E-state index in [1.165, 1.54) is 7.05 Å². The van der Waals surface area contributed by atoms with Crippen molar-refractivity contribution < 1.29 is 14.3 Å². The predicted molar refractivity (Wildman–Crippen MR) is 120 cm³/mol. The van der Waals surface area contributed by atoms with Gasteiger partial charge in [-0.2, -0.15) is 0 Å². The molecule has 0 aliphatic carbocycles. The topological polar surface area (TPSA) is 43.8 Å². The van der Waals surface area contributed by atoms with Gasteiger partial charge in [0.05, 0.1) is 17.8 Å². The van der Waals surface area contributed by atoms with Gasteiger partial charge < -0.3 is 5.11 Å². The van der Waals surface area contributed by atoms with Crippen LogP contribution in [0.3, 0.4) is 0 Å². The maximum atomic E-state index is 13.1. The second-order valence-corrected chi connectivity index (χ2v) is 8.69. The van der Waals surface area contributed by atoms with Gasteiger partial charge in [-0.1, -0.05) is 12.1 Å². The molecule has 0 unspecified atom stereocenters. The molecule has 0 saturated carbocycles. The molecule has 0 atom stereocenters. The fraction of sp³-hybridized carbons (Fsp3) is 0.118. The zero-order valence-corrected chi connectivity index (χ0v) is 18.3. The van der Waals surface area contributed by atoms with E-state index in [1.54, 1.807) is 22.6 Å². The summed E-state index contributed by atoms with van der Waals surface area (Å²) in [6.45, 7) is 0. The van der Waals surface area contributed by atoms with E-state index in [-0.39, 0.29) is 5.75 Å². The largest absolute Gasteiger partial charge is 0.506 e. The van der Waals surface area contributed by atoms with Gasteiger partial charge in [0.2, 0.25) is 0 Å². The van der Waals surface area contributed by atoms with Crippen molar-refractivity contribution in [2.45, 2.75) is 26.0 Å². The number of amides is 1. The Morgan fingerprint density at radius 3 is 2.59 bits per heavy atom. The average Bonchev–Trinajstić information content (AvgIpc) is 2.62. The van der Waals surface area contributed by atoms with Gasteiger partial charge in [-0.15, -0.1) is 54.9 Å². The quantitative estimate of drug-likeness (QED) is 0.181. The van der Waals surface area contributed by atoms with Crippen LogP contribution in [0.5, 0.6) is 5.75 Å². The van der Waals surface area contributed by atoms with E-state index in [9.17, 15) is 14.3 Å². The number of para-hydroxylation sites is 1. The highest BCUT2D eigenvalue weighted by Gasteiger charge is 2.26. The van der Waals surface area contributed by atoms with Crippen molar-refractivity contribution in [3.63, 3.8) is 0 Å². The highest BCUT2D eigenvalue weighted by Crippen LogP contribution is 2.45. The molecule has 1 N–H and O–H groups in total. The number of aromatic hydroxyl groups is 1. The summed E-state index contributed by atoms with van der Waals surface area (Å²) in [5, 5.41) is 10.3. The molecule has 0 spiro atoms. The number of nitrogens with zero attached hydrogens (tertiary/aromatic N) is 2. The molecule has 0 fully saturated rings. The van der Waals surface area contributed by atoms with Gasteiger partial charge in [-0.05, 0) is 28.8 Å². The Bertz CT molecular complexity index is 967. The zero-order chi connectivity index (χ0) is 19.9. The van der Waals surface area contributed by atoms with E-state index >= 15 is 0 Å². The van der Waals surface area contributed by atoms with Crippen LogP contribution in [0.25, 0.3) is 5.57 Å². The number of hydrogen-bond acceptors (Lipinski definition) is 8. The number of rotatable bonds is 3. The number of benzene rings is 2. The van der Waals surface area contributed by atoms with Gasteiger partial charge in [0.1, 0.15) is 5.75 Å². The van der Waals surface area contributed by atoms with Gasteiger partial charge in [0.25, 0.3) is 0 Å². The Morgan fingerprint density at radius 2 is 1.93 bits per heavy atom. The molecule has 142 valence electrons. The number of thiol groups is 4. The highest BCUT2D eigenvalue weighted by atomic mass is 32.2. The van der Waals surface area contributed by atoms with Crippen LogP contribution in [0, 0.1) is 0 Å². The number of hydrogen-bond donors (Lipinski definition) is 5. The third-order valence-corrected chi connectivity index (χ3v) is 7.11. The first-order chi connectivity index (χ1) is 12.7. The first-order valence-corrected chi connectivity index (χ1v) is 10.1. The summed E-state index contributed by atoms with van der Waals surface area (Å²) in [5.74, 6) is 0.0385. The first kappa shape index (κ1) is 20.7. The molecule has 4 nitrogen and oxygen atoms in total. The lowest BCUT2D eigenvalue weighted by Crippen LogP contribution is -2.23. The Kier molecular flexibility index (Phi) is 6.21. The Labute approximate surface area is 182 Å². The summed E-state index contributed by atoms with van der Waals surface area (Å²) < 4.78 is 15.5. The van der Waals surface area contributed by atoms with E-state index in [0.29, 0.717) is 31.7 Å². The van der Waals surface area contributed by atoms with Crippen LogP contribution in [-0.2, 0) is 6.42 Å². The van der Waals surface area contributed by atoms with Gasteiger partial charge >= 0.3 is 6.16 Å². The second kappa shape index (κ2) is 8.12. The number of phenolic OH excluding ortho intramolecular Hbond substituents is 1. The SMILES string of the molecule is CN(SN1C=C(c2cc(S)c(S)c(S)c2S)Cc2cccc(O)c21)C(=O)F. The Hall–Kier alpha value is -1.07. The smallest absolute Gasteiger partial charge is 0.411 e. The molecule has 1 heterocycles. The summed E-state index contributed by atoms with van der Waals surface area (Å²) in [7, 11) is 1.31. The minimum Gasteiger partial charge on any atom is -0.506 e. The summed E-state index contributed by atoms with van der Waals surface area (Å²) >= 11 is 18.7. The molecule has 0 bridgehead atoms. The van der Waals surface area contributed by atoms with E-state index in [1.807, 2.05) is 12.1 Å². The van der Waals surface area contributed by atoms with E-state index in [0.717, 1.165) is 33.1 Å². The highest BCUT2D eigenvalue weighted by molar-refractivity contribution is 7.99. The van der Waals surface area contributed by atoms with Crippen LogP contribution in [0.15, 0.2) is 50.0 Å². The third kappa shape index (κ3) is 4.04. The Morgan fingerprint density at radius 1 is 1.22 bits per heavy atom. The molecule has 0 radical (unpaired) electrons. The molecular formula is C17H15FN2O2S5. The maximum Gasteiger partial charge on any atom is 0.411 e. The number of halogens is 1. The van der Waals surface area contributed by atoms with Crippen LogP contribution in [0.2, 0.25) is 0 Å². The molecule has 10 heteroatoms. The van der Waals surface area contributed by atoms with Crippen molar-refractivity contribution in [1.29, 1.82) is 0 Å². The lowest BCUT2D eigenvalue weighted by atomic mass is 9.95. The number of carbonyl (C=O) groups is 1. The third-order valence-electron chi connectivity index (χ3n) is 4.00. The first-order valence-electron chi connectivity index (χ1n) is 7.60. The lowest BCUT2D eigenvalue weighted by Gasteiger charge is -2.31. The minimum atomic E-state index is -1.60. The maximum absolute atomic E-state index is 13.1. The molecule has 27 heavy (non-hydrogen) atoms. The van der Waals surface area contributed by atoms with Crippen LogP contribution in [0.4, 0.5) is 14.9 Å². The number of allylic oxidation sites excluding steroid dienone is 1. The summed E-state index contributed by atoms with van der Waals surface area (Å²) in [6, 6.07) is 6.97. The molecule has 0 aromatic heterocycles. The zero-order valence-electron chi connectivity index (χ0n) is 13.9. The normalized spacial score (nSPS) is 13.3. The minimum absolute atomic E-state index is 0.0385. The van der Waals surface area contributed by atoms with Crippen molar-refractivity contribution >= 4 is 80.1 Å². The van der Waals surface area contributed by atoms with Gasteiger partial charge in [0.15, 0.2) is 0 Å². The van der Waals surface area contributed by atoms with Crippen molar-refractivity contribution in [2.24, 2.45) is 0 Å². The van der Waals surface area contributed by atoms with Gasteiger partial charge in [-0.25, -0.2) is 9.10 Å². The van der Waals surface area contributed by atoms with E-state index < -0.39 is 6.16 Å². The van der Waals surface area contributed by atoms with Crippen molar-refractivity contribution in [1.82, 2.24) is 4.31 Å². The predicted octanol–water partition coefficient (Wildman–Crippen LogP) is 5.54. The second-order valence-electron chi connectivity index (χ2n) is 5.76. The van der Waals surface area contributed by atoms with Crippen molar-refractivity contribution in [2.75, 3.05) is 11.4 Å². The summed E-state index contributed by atoms with van der Waals surface area (Å²) in [6.07, 6.45) is 0.649. The van der Waals surface area contributed by atoms with Crippen molar-refractivity contribution in [3.8, 4) is 5.75 Å². The number of fused-ring (bicyclic) bond motifs is 1. The number of carbonyl (C=O) groups excluding carboxylic acids is 1. The molecule has 2 aromatic rings. The molecule has 1 aliphatic rings. The molecular weight excluding hydrogens is 444 g/mol. The fourth-order valence-corrected chi connectivity index (χ4v) is 4.65. The monoisotopic (exact) mass is 458 g/mol. The number of anilines is 1. The van der Waals surface area contributed by atoms with Crippen LogP contribution < -0.4 is 4.31 Å². The van der Waals surface area contributed by atoms with Crippen molar-refractivity contribution in [3.05, 3.63) is 41.6 Å². The van der Waals surface area contributed by atoms with Crippen LogP contribution in [-0.4, -0.2) is 22.6 Å². The van der Waals surface area contributed by atoms with E-state index in [2.05, 4.69) is 50.5 Å². The molecule has 2 aromatic carbocycles. The molecule has 0 saturated heterocycles. The van der Waals surface area contributed by atoms with Crippen LogP contribution >= 0.6 is 62.6 Å². The van der Waals surface area contributed by atoms with E-state index in [4.69, 9.17) is 0 Å². The standard InChI is InChI=1S/C17H15FN2O2S5/c1-19(17(18)22)27-20-7-9(5-8-3-2-4-11(21)13(8)20)10-6-12(23)15(25)16(26)14(10)24/h2-4,6-7,21,23-26H,5H2,1H3. The lowest BCUT2D eigenvalue weighted by molar-refractivity contribution is 0.209. The molecule has 3 rings (SSSR count). The molecule has 1 amide bonds. The summed E-state index contributed by atoms with van der Waals surface area (Å²) in [4.78, 5) is 13.5. The number of phenols is 1. The van der Waals surface area contributed by atoms with Gasteiger partial charge in [-0.3, -0.25) is 4.31 Å². The Balaban J connectivity index is 2.13. The average molecular weight is 459 g/mol. The fourth-order valence-electron chi connectivity index (χ4n) is 2.70.